The van der Waals surface area contributed by atoms with E-state index in [0.717, 1.165) is 6.07 Å². The van der Waals surface area contributed by atoms with Crippen LogP contribution in [0.15, 0.2) is 42.5 Å². The maximum absolute atomic E-state index is 13.4. The van der Waals surface area contributed by atoms with Crippen LogP contribution in [0, 0.1) is 17.5 Å². The summed E-state index contributed by atoms with van der Waals surface area (Å²) in [6, 6.07) is 8.86. The second-order valence-electron chi connectivity index (χ2n) is 3.83. The van der Waals surface area contributed by atoms with Gasteiger partial charge in [0.05, 0.1) is 5.56 Å². The Balaban J connectivity index is 2.25. The molecule has 0 bridgehead atoms. The van der Waals surface area contributed by atoms with Gasteiger partial charge in [0, 0.05) is 6.42 Å². The average molecular weight is 250 g/mol. The lowest BCUT2D eigenvalue weighted by Gasteiger charge is -2.03. The Hall–Kier alpha value is -2.10. The molecule has 0 radical (unpaired) electrons. The van der Waals surface area contributed by atoms with Crippen LogP contribution in [-0.2, 0) is 6.42 Å². The summed E-state index contributed by atoms with van der Waals surface area (Å²) in [5, 5.41) is 0. The van der Waals surface area contributed by atoms with Crippen LogP contribution in [0.1, 0.15) is 15.9 Å². The average Bonchev–Trinajstić information content (AvgIpc) is 2.32. The summed E-state index contributed by atoms with van der Waals surface area (Å²) >= 11 is 0. The van der Waals surface area contributed by atoms with E-state index >= 15 is 0 Å². The van der Waals surface area contributed by atoms with Crippen molar-refractivity contribution in [1.29, 1.82) is 0 Å². The van der Waals surface area contributed by atoms with E-state index in [0.29, 0.717) is 5.56 Å². The van der Waals surface area contributed by atoms with E-state index < -0.39 is 23.2 Å². The van der Waals surface area contributed by atoms with E-state index in [4.69, 9.17) is 0 Å². The first-order valence-corrected chi connectivity index (χ1v) is 5.29. The summed E-state index contributed by atoms with van der Waals surface area (Å²) in [6.45, 7) is 0. The summed E-state index contributed by atoms with van der Waals surface area (Å²) in [5.41, 5.74) is 0.0999. The monoisotopic (exact) mass is 250 g/mol. The number of hydrogen-bond donors (Lipinski definition) is 0. The number of carbonyl (C=O) groups is 1. The van der Waals surface area contributed by atoms with Gasteiger partial charge < -0.3 is 0 Å². The third kappa shape index (κ3) is 2.59. The quantitative estimate of drug-likeness (QED) is 0.761. The SMILES string of the molecule is O=C(Cc1cccc(F)c1)c1cccc(F)c1F. The number of rotatable bonds is 3. The Morgan fingerprint density at radius 3 is 2.44 bits per heavy atom. The predicted octanol–water partition coefficient (Wildman–Crippen LogP) is 3.53. The summed E-state index contributed by atoms with van der Waals surface area (Å²) in [7, 11) is 0. The number of ketones is 1. The highest BCUT2D eigenvalue weighted by Crippen LogP contribution is 2.15. The van der Waals surface area contributed by atoms with Crippen molar-refractivity contribution in [1.82, 2.24) is 0 Å². The minimum atomic E-state index is -1.17. The molecular formula is C14H9F3O. The third-order valence-electron chi connectivity index (χ3n) is 2.51. The first-order valence-electron chi connectivity index (χ1n) is 5.29. The van der Waals surface area contributed by atoms with Crippen molar-refractivity contribution < 1.29 is 18.0 Å². The van der Waals surface area contributed by atoms with Crippen LogP contribution in [0.4, 0.5) is 13.2 Å². The molecule has 0 aliphatic carbocycles. The molecule has 0 aliphatic rings. The first-order chi connectivity index (χ1) is 8.58. The number of benzene rings is 2. The Kier molecular flexibility index (Phi) is 3.46. The smallest absolute Gasteiger partial charge is 0.170 e. The van der Waals surface area contributed by atoms with Gasteiger partial charge in [-0.3, -0.25) is 4.79 Å². The van der Waals surface area contributed by atoms with Gasteiger partial charge in [-0.1, -0.05) is 18.2 Å². The van der Waals surface area contributed by atoms with Crippen molar-refractivity contribution in [2.24, 2.45) is 0 Å². The minimum absolute atomic E-state index is 0.169. The third-order valence-corrected chi connectivity index (χ3v) is 2.51. The van der Waals surface area contributed by atoms with E-state index in [1.807, 2.05) is 0 Å². The molecule has 2 aromatic carbocycles. The predicted molar refractivity (Wildman–Crippen MR) is 60.8 cm³/mol. The molecule has 0 spiro atoms. The van der Waals surface area contributed by atoms with Crippen molar-refractivity contribution in [2.75, 3.05) is 0 Å². The van der Waals surface area contributed by atoms with Gasteiger partial charge in [0.25, 0.3) is 0 Å². The van der Waals surface area contributed by atoms with Gasteiger partial charge in [-0.25, -0.2) is 13.2 Å². The van der Waals surface area contributed by atoms with Crippen LogP contribution in [0.3, 0.4) is 0 Å². The highest BCUT2D eigenvalue weighted by atomic mass is 19.2. The van der Waals surface area contributed by atoms with E-state index in [9.17, 15) is 18.0 Å². The van der Waals surface area contributed by atoms with Gasteiger partial charge in [-0.15, -0.1) is 0 Å². The largest absolute Gasteiger partial charge is 0.294 e. The van der Waals surface area contributed by atoms with Crippen LogP contribution in [-0.4, -0.2) is 5.78 Å². The molecule has 0 N–H and O–H groups in total. The standard InChI is InChI=1S/C14H9F3O/c15-10-4-1-3-9(7-10)8-13(18)11-5-2-6-12(16)14(11)17/h1-7H,8H2. The lowest BCUT2D eigenvalue weighted by Crippen LogP contribution is -2.07. The van der Waals surface area contributed by atoms with Crippen molar-refractivity contribution in [2.45, 2.75) is 6.42 Å². The van der Waals surface area contributed by atoms with Crippen molar-refractivity contribution in [3.05, 3.63) is 71.0 Å². The fraction of sp³-hybridized carbons (Fsp3) is 0.0714. The topological polar surface area (TPSA) is 17.1 Å². The Morgan fingerprint density at radius 2 is 1.72 bits per heavy atom. The van der Waals surface area contributed by atoms with Crippen LogP contribution in [0.25, 0.3) is 0 Å². The van der Waals surface area contributed by atoms with Crippen LogP contribution < -0.4 is 0 Å². The van der Waals surface area contributed by atoms with Crippen molar-refractivity contribution >= 4 is 5.78 Å². The highest BCUT2D eigenvalue weighted by Gasteiger charge is 2.15. The zero-order chi connectivity index (χ0) is 13.1. The Bertz CT molecular complexity index is 593. The summed E-state index contributed by atoms with van der Waals surface area (Å²) in [6.07, 6.45) is -0.169. The molecule has 2 aromatic rings. The zero-order valence-corrected chi connectivity index (χ0v) is 9.29. The molecule has 0 heterocycles. The molecule has 0 fully saturated rings. The molecular weight excluding hydrogens is 241 g/mol. The Labute approximate surface area is 102 Å². The molecule has 0 saturated heterocycles. The first kappa shape index (κ1) is 12.4. The summed E-state index contributed by atoms with van der Waals surface area (Å²) in [5.74, 6) is -3.29. The fourth-order valence-electron chi connectivity index (χ4n) is 1.65. The van der Waals surface area contributed by atoms with E-state index in [1.54, 1.807) is 6.07 Å². The molecule has 0 amide bonds. The molecule has 0 saturated carbocycles. The second kappa shape index (κ2) is 5.04. The number of carbonyl (C=O) groups excluding carboxylic acids is 1. The van der Waals surface area contributed by atoms with Crippen LogP contribution >= 0.6 is 0 Å². The lowest BCUT2D eigenvalue weighted by atomic mass is 10.0. The molecule has 0 aromatic heterocycles. The molecule has 92 valence electrons. The van der Waals surface area contributed by atoms with Gasteiger partial charge >= 0.3 is 0 Å². The van der Waals surface area contributed by atoms with E-state index in [1.165, 1.54) is 30.3 Å². The number of halogens is 3. The Morgan fingerprint density at radius 1 is 1.00 bits per heavy atom. The van der Waals surface area contributed by atoms with Gasteiger partial charge in [0.1, 0.15) is 5.82 Å². The van der Waals surface area contributed by atoms with Crippen molar-refractivity contribution in [3.63, 3.8) is 0 Å². The van der Waals surface area contributed by atoms with Gasteiger partial charge in [-0.2, -0.15) is 0 Å². The van der Waals surface area contributed by atoms with Crippen LogP contribution in [0.2, 0.25) is 0 Å². The maximum atomic E-state index is 13.4. The molecule has 2 rings (SSSR count). The summed E-state index contributed by atoms with van der Waals surface area (Å²) < 4.78 is 39.2. The van der Waals surface area contributed by atoms with Gasteiger partial charge in [0.15, 0.2) is 17.4 Å². The minimum Gasteiger partial charge on any atom is -0.294 e. The maximum Gasteiger partial charge on any atom is 0.170 e. The molecule has 0 aliphatic heterocycles. The molecule has 4 heteroatoms. The van der Waals surface area contributed by atoms with Gasteiger partial charge in [0.2, 0.25) is 0 Å². The molecule has 1 nitrogen and oxygen atoms in total. The normalized spacial score (nSPS) is 10.4. The molecule has 18 heavy (non-hydrogen) atoms. The zero-order valence-electron chi connectivity index (χ0n) is 9.29. The lowest BCUT2D eigenvalue weighted by molar-refractivity contribution is 0.0988. The van der Waals surface area contributed by atoms with Crippen LogP contribution in [0.5, 0.6) is 0 Å². The number of hydrogen-bond acceptors (Lipinski definition) is 1. The van der Waals surface area contributed by atoms with E-state index in [2.05, 4.69) is 0 Å². The second-order valence-corrected chi connectivity index (χ2v) is 3.83. The van der Waals surface area contributed by atoms with E-state index in [-0.39, 0.29) is 12.0 Å². The fourth-order valence-corrected chi connectivity index (χ4v) is 1.65. The highest BCUT2D eigenvalue weighted by molar-refractivity contribution is 5.97. The van der Waals surface area contributed by atoms with Gasteiger partial charge in [-0.05, 0) is 29.8 Å². The molecule has 0 atom stereocenters. The molecule has 0 unspecified atom stereocenters. The number of Topliss-reactive ketones (excluding diaryl/α,β-unsaturated/α-hetero) is 1. The summed E-state index contributed by atoms with van der Waals surface area (Å²) in [4.78, 5) is 11.8. The van der Waals surface area contributed by atoms with Crippen molar-refractivity contribution in [3.8, 4) is 0 Å².